The summed E-state index contributed by atoms with van der Waals surface area (Å²) in [5.41, 5.74) is 1.47. The molecule has 0 amide bonds. The van der Waals surface area contributed by atoms with Crippen LogP contribution in [-0.4, -0.2) is 17.2 Å². The number of rotatable bonds is 1. The topological polar surface area (TPSA) is 64.9 Å². The second-order valence-corrected chi connectivity index (χ2v) is 2.41. The van der Waals surface area contributed by atoms with Crippen molar-refractivity contribution in [2.24, 2.45) is 0 Å². The van der Waals surface area contributed by atoms with Gasteiger partial charge in [-0.2, -0.15) is 0 Å². The Labute approximate surface area is 68.2 Å². The largest absolute Gasteiger partial charge is 0.488 e. The first-order chi connectivity index (χ1) is 5.77. The molecule has 5 heteroatoms. The maximum atomic E-state index is 8.80. The predicted octanol–water partition coefficient (Wildman–Crippen LogP) is -0.0133. The molecule has 0 spiro atoms. The standard InChI is InChI=1S/C7H6BO4/c9-8(10)5-1-2-6-7(3-5)12-4-11-6/h1-4,9-10H/q+1. The van der Waals surface area contributed by atoms with Crippen molar-refractivity contribution in [3.63, 3.8) is 0 Å². The average molecular weight is 165 g/mol. The van der Waals surface area contributed by atoms with Gasteiger partial charge in [-0.3, -0.25) is 8.83 Å². The molecule has 4 nitrogen and oxygen atoms in total. The first-order valence-electron chi connectivity index (χ1n) is 3.42. The van der Waals surface area contributed by atoms with E-state index in [1.54, 1.807) is 12.1 Å². The Balaban J connectivity index is 2.60. The van der Waals surface area contributed by atoms with E-state index in [1.807, 2.05) is 0 Å². The number of hydrogen-bond donors (Lipinski definition) is 2. The van der Waals surface area contributed by atoms with Gasteiger partial charge >= 0.3 is 24.7 Å². The molecule has 12 heavy (non-hydrogen) atoms. The normalized spacial score (nSPS) is 10.5. The van der Waals surface area contributed by atoms with E-state index in [-0.39, 0.29) is 0 Å². The Kier molecular flexibility index (Phi) is 1.60. The molecule has 0 saturated carbocycles. The Morgan fingerprint density at radius 3 is 2.92 bits per heavy atom. The van der Waals surface area contributed by atoms with Crippen LogP contribution in [0.4, 0.5) is 0 Å². The minimum atomic E-state index is -1.47. The zero-order valence-electron chi connectivity index (χ0n) is 6.10. The van der Waals surface area contributed by atoms with E-state index in [0.717, 1.165) is 0 Å². The van der Waals surface area contributed by atoms with Crippen molar-refractivity contribution in [3.8, 4) is 0 Å². The van der Waals surface area contributed by atoms with Crippen LogP contribution in [0.25, 0.3) is 11.2 Å². The predicted molar refractivity (Wildman–Crippen MR) is 42.7 cm³/mol. The summed E-state index contributed by atoms with van der Waals surface area (Å²) < 4.78 is 9.84. The molecule has 1 aromatic heterocycles. The minimum absolute atomic E-state index is 0.382. The molecule has 0 aliphatic carbocycles. The lowest BCUT2D eigenvalue weighted by Crippen LogP contribution is -2.29. The molecule has 0 bridgehead atoms. The molecule has 2 aromatic rings. The molecule has 0 aliphatic rings. The first kappa shape index (κ1) is 7.33. The third kappa shape index (κ3) is 1.09. The fourth-order valence-electron chi connectivity index (χ4n) is 1.00. The van der Waals surface area contributed by atoms with Crippen LogP contribution in [0, 0.1) is 0 Å². The molecule has 2 N–H and O–H groups in total. The van der Waals surface area contributed by atoms with E-state index in [4.69, 9.17) is 18.9 Å². The van der Waals surface area contributed by atoms with Crippen molar-refractivity contribution < 1.29 is 18.9 Å². The third-order valence-electron chi connectivity index (χ3n) is 1.62. The van der Waals surface area contributed by atoms with Gasteiger partial charge in [0.25, 0.3) is 0 Å². The SMILES string of the molecule is OB(O)c1ccc2[o+]coc2c1. The second-order valence-electron chi connectivity index (χ2n) is 2.41. The highest BCUT2D eigenvalue weighted by atomic mass is 16.5. The number of fused-ring (bicyclic) bond motifs is 1. The van der Waals surface area contributed by atoms with E-state index in [1.165, 1.54) is 12.5 Å². The Morgan fingerprint density at radius 2 is 2.17 bits per heavy atom. The maximum absolute atomic E-state index is 8.80. The van der Waals surface area contributed by atoms with Gasteiger partial charge in [-0.15, -0.1) is 0 Å². The summed E-state index contributed by atoms with van der Waals surface area (Å²) in [7, 11) is -1.47. The smallest absolute Gasteiger partial charge is 0.423 e. The highest BCUT2D eigenvalue weighted by Crippen LogP contribution is 2.12. The number of benzene rings is 1. The third-order valence-corrected chi connectivity index (χ3v) is 1.62. The Morgan fingerprint density at radius 1 is 1.33 bits per heavy atom. The summed E-state index contributed by atoms with van der Waals surface area (Å²) in [6.45, 7) is 1.19. The van der Waals surface area contributed by atoms with Gasteiger partial charge in [0.15, 0.2) is 0 Å². The van der Waals surface area contributed by atoms with Crippen molar-refractivity contribution >= 4 is 23.7 Å². The van der Waals surface area contributed by atoms with E-state index in [2.05, 4.69) is 0 Å². The van der Waals surface area contributed by atoms with E-state index < -0.39 is 7.12 Å². The molecular formula is C7H6BO4+. The molecule has 0 atom stereocenters. The fourth-order valence-corrected chi connectivity index (χ4v) is 1.00. The second kappa shape index (κ2) is 2.62. The van der Waals surface area contributed by atoms with Gasteiger partial charge in [-0.1, -0.05) is 6.07 Å². The van der Waals surface area contributed by atoms with Gasteiger partial charge in [0.2, 0.25) is 0 Å². The molecule has 0 radical (unpaired) electrons. The first-order valence-corrected chi connectivity index (χ1v) is 3.42. The van der Waals surface area contributed by atoms with Crippen LogP contribution < -0.4 is 5.46 Å². The Bertz CT molecular complexity index is 395. The summed E-state index contributed by atoms with van der Waals surface area (Å²) in [4.78, 5) is 0. The summed E-state index contributed by atoms with van der Waals surface area (Å²) in [6, 6.07) is 4.70. The fraction of sp³-hybridized carbons (Fsp3) is 0. The molecule has 0 aliphatic heterocycles. The summed E-state index contributed by atoms with van der Waals surface area (Å²) >= 11 is 0. The highest BCUT2D eigenvalue weighted by Gasteiger charge is 2.16. The van der Waals surface area contributed by atoms with Crippen LogP contribution >= 0.6 is 0 Å². The van der Waals surface area contributed by atoms with Crippen LogP contribution in [0.3, 0.4) is 0 Å². The zero-order chi connectivity index (χ0) is 8.55. The quantitative estimate of drug-likeness (QED) is 0.460. The highest BCUT2D eigenvalue weighted by molar-refractivity contribution is 6.58. The molecule has 0 unspecified atom stereocenters. The van der Waals surface area contributed by atoms with Crippen LogP contribution in [0.2, 0.25) is 0 Å². The van der Waals surface area contributed by atoms with Gasteiger partial charge in [-0.05, 0) is 5.46 Å². The van der Waals surface area contributed by atoms with E-state index in [9.17, 15) is 0 Å². The van der Waals surface area contributed by atoms with Gasteiger partial charge in [0.1, 0.15) is 0 Å². The van der Waals surface area contributed by atoms with Gasteiger partial charge in [-0.25, -0.2) is 0 Å². The maximum Gasteiger partial charge on any atom is 0.488 e. The average Bonchev–Trinajstić information content (AvgIpc) is 2.49. The summed E-state index contributed by atoms with van der Waals surface area (Å²) in [5.74, 6) is 0. The van der Waals surface area contributed by atoms with Crippen LogP contribution in [0.15, 0.2) is 33.5 Å². The van der Waals surface area contributed by atoms with Gasteiger partial charge in [0.05, 0.1) is 0 Å². The lowest BCUT2D eigenvalue weighted by molar-refractivity contribution is 0.425. The number of hydrogen-bond acceptors (Lipinski definition) is 3. The van der Waals surface area contributed by atoms with Gasteiger partial charge in [0, 0.05) is 12.1 Å². The molecule has 60 valence electrons. The van der Waals surface area contributed by atoms with Crippen LogP contribution in [0.5, 0.6) is 0 Å². The molecule has 2 rings (SSSR count). The lowest BCUT2D eigenvalue weighted by Gasteiger charge is -1.93. The zero-order valence-corrected chi connectivity index (χ0v) is 6.10. The van der Waals surface area contributed by atoms with Crippen LogP contribution in [-0.2, 0) is 0 Å². The monoisotopic (exact) mass is 165 g/mol. The summed E-state index contributed by atoms with van der Waals surface area (Å²) in [5, 5.41) is 17.6. The summed E-state index contributed by atoms with van der Waals surface area (Å²) in [6.07, 6.45) is 0. The Hall–Kier alpha value is -1.33. The molecule has 1 aromatic carbocycles. The van der Waals surface area contributed by atoms with E-state index in [0.29, 0.717) is 16.6 Å². The molecule has 1 heterocycles. The van der Waals surface area contributed by atoms with Crippen molar-refractivity contribution in [2.45, 2.75) is 0 Å². The molecule has 0 saturated heterocycles. The molecular weight excluding hydrogens is 159 g/mol. The molecule has 0 fully saturated rings. The lowest BCUT2D eigenvalue weighted by atomic mass is 9.80. The van der Waals surface area contributed by atoms with Crippen LogP contribution in [0.1, 0.15) is 0 Å². The van der Waals surface area contributed by atoms with Crippen molar-refractivity contribution in [3.05, 3.63) is 24.7 Å². The van der Waals surface area contributed by atoms with Crippen molar-refractivity contribution in [2.75, 3.05) is 0 Å². The minimum Gasteiger partial charge on any atom is -0.423 e. The van der Waals surface area contributed by atoms with E-state index >= 15 is 0 Å². The van der Waals surface area contributed by atoms with Gasteiger partial charge < -0.3 is 10.0 Å². The van der Waals surface area contributed by atoms with Crippen molar-refractivity contribution in [1.82, 2.24) is 0 Å². The van der Waals surface area contributed by atoms with Crippen molar-refractivity contribution in [1.29, 1.82) is 0 Å².